The summed E-state index contributed by atoms with van der Waals surface area (Å²) in [5.41, 5.74) is 0.464. The van der Waals surface area contributed by atoms with E-state index in [9.17, 15) is 0 Å². The van der Waals surface area contributed by atoms with Crippen LogP contribution >= 0.6 is 0 Å². The van der Waals surface area contributed by atoms with Gasteiger partial charge in [0.15, 0.2) is 0 Å². The molecule has 2 heterocycles. The normalized spacial score (nSPS) is 19.6. The van der Waals surface area contributed by atoms with Gasteiger partial charge in [0.1, 0.15) is 5.76 Å². The van der Waals surface area contributed by atoms with Crippen LogP contribution in [0.25, 0.3) is 0 Å². The van der Waals surface area contributed by atoms with Gasteiger partial charge in [0.2, 0.25) is 0 Å². The highest BCUT2D eigenvalue weighted by atomic mass is 16.3. The zero-order valence-electron chi connectivity index (χ0n) is 9.05. The summed E-state index contributed by atoms with van der Waals surface area (Å²) in [7, 11) is 0. The molecule has 0 aliphatic carbocycles. The number of hydrogen-bond donors (Lipinski definition) is 1. The van der Waals surface area contributed by atoms with Crippen LogP contribution in [0.1, 0.15) is 26.0 Å². The first-order chi connectivity index (χ1) is 6.70. The second-order valence-corrected chi connectivity index (χ2v) is 4.96. The molecule has 1 saturated heterocycles. The Bertz CT molecular complexity index is 273. The highest BCUT2D eigenvalue weighted by Crippen LogP contribution is 2.34. The van der Waals surface area contributed by atoms with Gasteiger partial charge in [-0.3, -0.25) is 0 Å². The van der Waals surface area contributed by atoms with Crippen LogP contribution in [0.3, 0.4) is 0 Å². The molecule has 0 bridgehead atoms. The van der Waals surface area contributed by atoms with Crippen molar-refractivity contribution in [2.75, 3.05) is 13.1 Å². The molecule has 1 aromatic rings. The first-order valence-corrected chi connectivity index (χ1v) is 5.43. The Balaban J connectivity index is 1.99. The smallest absolute Gasteiger partial charge is 0.104 e. The summed E-state index contributed by atoms with van der Waals surface area (Å²) in [4.78, 5) is 0. The Morgan fingerprint density at radius 3 is 2.71 bits per heavy atom. The van der Waals surface area contributed by atoms with Gasteiger partial charge in [-0.1, -0.05) is 13.8 Å². The molecule has 1 fully saturated rings. The fourth-order valence-corrected chi connectivity index (χ4v) is 2.47. The summed E-state index contributed by atoms with van der Waals surface area (Å²) in [6.07, 6.45) is 4.15. The molecule has 2 rings (SSSR count). The van der Waals surface area contributed by atoms with Gasteiger partial charge in [-0.2, -0.15) is 0 Å². The molecule has 0 atom stereocenters. The summed E-state index contributed by atoms with van der Waals surface area (Å²) in [6, 6.07) is 4.06. The van der Waals surface area contributed by atoms with Crippen molar-refractivity contribution in [3.8, 4) is 0 Å². The monoisotopic (exact) mass is 193 g/mol. The van der Waals surface area contributed by atoms with Crippen molar-refractivity contribution in [3.05, 3.63) is 24.2 Å². The molecule has 0 amide bonds. The van der Waals surface area contributed by atoms with Crippen molar-refractivity contribution >= 4 is 0 Å². The van der Waals surface area contributed by atoms with Crippen LogP contribution in [-0.2, 0) is 6.42 Å². The van der Waals surface area contributed by atoms with Gasteiger partial charge in [0.25, 0.3) is 0 Å². The number of nitrogens with one attached hydrogen (secondary N) is 1. The van der Waals surface area contributed by atoms with Crippen LogP contribution in [0.2, 0.25) is 0 Å². The third-order valence-corrected chi connectivity index (χ3v) is 2.97. The summed E-state index contributed by atoms with van der Waals surface area (Å²) in [5, 5.41) is 3.38. The van der Waals surface area contributed by atoms with Gasteiger partial charge < -0.3 is 9.73 Å². The molecule has 0 spiro atoms. The molecule has 78 valence electrons. The zero-order chi connectivity index (χ0) is 10.0. The SMILES string of the molecule is CC(C)CC1(Cc2ccco2)CNC1. The molecule has 2 heteroatoms. The van der Waals surface area contributed by atoms with Gasteiger partial charge in [-0.25, -0.2) is 0 Å². The molecule has 1 aliphatic heterocycles. The van der Waals surface area contributed by atoms with E-state index in [2.05, 4.69) is 25.2 Å². The fraction of sp³-hybridized carbons (Fsp3) is 0.667. The van der Waals surface area contributed by atoms with Gasteiger partial charge >= 0.3 is 0 Å². The van der Waals surface area contributed by atoms with E-state index in [-0.39, 0.29) is 0 Å². The molecule has 0 aromatic carbocycles. The van der Waals surface area contributed by atoms with Crippen molar-refractivity contribution in [3.63, 3.8) is 0 Å². The molecular weight excluding hydrogens is 174 g/mol. The number of hydrogen-bond acceptors (Lipinski definition) is 2. The first kappa shape index (κ1) is 9.78. The Morgan fingerprint density at radius 2 is 2.29 bits per heavy atom. The lowest BCUT2D eigenvalue weighted by molar-refractivity contribution is 0.123. The Kier molecular flexibility index (Phi) is 2.64. The third kappa shape index (κ3) is 2.01. The van der Waals surface area contributed by atoms with Crippen molar-refractivity contribution in [1.82, 2.24) is 5.32 Å². The quantitative estimate of drug-likeness (QED) is 0.794. The second-order valence-electron chi connectivity index (χ2n) is 4.96. The summed E-state index contributed by atoms with van der Waals surface area (Å²) < 4.78 is 5.42. The molecule has 1 aliphatic rings. The van der Waals surface area contributed by atoms with Crippen molar-refractivity contribution in [2.24, 2.45) is 11.3 Å². The van der Waals surface area contributed by atoms with Gasteiger partial charge in [-0.15, -0.1) is 0 Å². The minimum absolute atomic E-state index is 0.464. The Morgan fingerprint density at radius 1 is 1.50 bits per heavy atom. The minimum Gasteiger partial charge on any atom is -0.469 e. The summed E-state index contributed by atoms with van der Waals surface area (Å²) >= 11 is 0. The first-order valence-electron chi connectivity index (χ1n) is 5.43. The van der Waals surface area contributed by atoms with Gasteiger partial charge in [0.05, 0.1) is 6.26 Å². The average Bonchev–Trinajstić information content (AvgIpc) is 2.51. The molecule has 0 radical (unpaired) electrons. The van der Waals surface area contributed by atoms with Gasteiger partial charge in [-0.05, 0) is 24.5 Å². The lowest BCUT2D eigenvalue weighted by atomic mass is 9.72. The maximum Gasteiger partial charge on any atom is 0.104 e. The van der Waals surface area contributed by atoms with Crippen molar-refractivity contribution < 1.29 is 4.42 Å². The molecule has 2 nitrogen and oxygen atoms in total. The van der Waals surface area contributed by atoms with E-state index in [0.29, 0.717) is 5.41 Å². The van der Waals surface area contributed by atoms with E-state index in [1.807, 2.05) is 6.07 Å². The predicted molar refractivity (Wildman–Crippen MR) is 57.2 cm³/mol. The zero-order valence-corrected chi connectivity index (χ0v) is 9.05. The van der Waals surface area contributed by atoms with E-state index in [0.717, 1.165) is 31.2 Å². The highest BCUT2D eigenvalue weighted by molar-refractivity contribution is 5.06. The van der Waals surface area contributed by atoms with Crippen LogP contribution in [0.5, 0.6) is 0 Å². The van der Waals surface area contributed by atoms with E-state index in [1.165, 1.54) is 6.42 Å². The van der Waals surface area contributed by atoms with Crippen molar-refractivity contribution in [1.29, 1.82) is 0 Å². The Labute approximate surface area is 85.7 Å². The molecule has 0 unspecified atom stereocenters. The maximum absolute atomic E-state index is 5.42. The largest absolute Gasteiger partial charge is 0.469 e. The molecule has 1 N–H and O–H groups in total. The Hall–Kier alpha value is -0.760. The molecule has 0 saturated carbocycles. The lowest BCUT2D eigenvalue weighted by Crippen LogP contribution is -2.55. The maximum atomic E-state index is 5.42. The minimum atomic E-state index is 0.464. The molecule has 14 heavy (non-hydrogen) atoms. The van der Waals surface area contributed by atoms with Crippen LogP contribution in [0.15, 0.2) is 22.8 Å². The number of furan rings is 1. The predicted octanol–water partition coefficient (Wildman–Crippen LogP) is 2.46. The topological polar surface area (TPSA) is 25.2 Å². The third-order valence-electron chi connectivity index (χ3n) is 2.97. The van der Waals surface area contributed by atoms with Crippen molar-refractivity contribution in [2.45, 2.75) is 26.7 Å². The van der Waals surface area contributed by atoms with Crippen LogP contribution in [-0.4, -0.2) is 13.1 Å². The molecule has 1 aromatic heterocycles. The van der Waals surface area contributed by atoms with E-state index < -0.39 is 0 Å². The van der Waals surface area contributed by atoms with Crippen LogP contribution in [0.4, 0.5) is 0 Å². The van der Waals surface area contributed by atoms with Gasteiger partial charge in [0, 0.05) is 24.9 Å². The molecular formula is C12H19NO. The number of rotatable bonds is 4. The van der Waals surface area contributed by atoms with E-state index in [4.69, 9.17) is 4.42 Å². The van der Waals surface area contributed by atoms with E-state index in [1.54, 1.807) is 6.26 Å². The summed E-state index contributed by atoms with van der Waals surface area (Å²) in [6.45, 7) is 6.88. The van der Waals surface area contributed by atoms with E-state index >= 15 is 0 Å². The van der Waals surface area contributed by atoms with Crippen LogP contribution < -0.4 is 5.32 Å². The highest BCUT2D eigenvalue weighted by Gasteiger charge is 2.37. The fourth-order valence-electron chi connectivity index (χ4n) is 2.47. The standard InChI is InChI=1S/C12H19NO/c1-10(2)6-12(8-13-9-12)7-11-4-3-5-14-11/h3-5,10,13H,6-9H2,1-2H3. The summed E-state index contributed by atoms with van der Waals surface area (Å²) in [5.74, 6) is 1.90. The second kappa shape index (κ2) is 3.77. The average molecular weight is 193 g/mol. The lowest BCUT2D eigenvalue weighted by Gasteiger charge is -2.43. The van der Waals surface area contributed by atoms with Crippen LogP contribution in [0, 0.1) is 11.3 Å².